The highest BCUT2D eigenvalue weighted by Gasteiger charge is 2.07. The van der Waals surface area contributed by atoms with Crippen molar-refractivity contribution in [2.75, 3.05) is 23.8 Å². The molecule has 0 saturated carbocycles. The molecule has 118 valence electrons. The molecule has 0 radical (unpaired) electrons. The molecular formula is C15H20ClN5O. The number of nitrogens with one attached hydrogen (secondary N) is 2. The van der Waals surface area contributed by atoms with Crippen LogP contribution in [0.15, 0.2) is 30.3 Å². The summed E-state index contributed by atoms with van der Waals surface area (Å²) in [6, 6.07) is 9.90. The zero-order valence-electron chi connectivity index (χ0n) is 12.7. The third-order valence-electron chi connectivity index (χ3n) is 2.99. The van der Waals surface area contributed by atoms with Crippen molar-refractivity contribution in [3.63, 3.8) is 0 Å². The zero-order valence-corrected chi connectivity index (χ0v) is 13.5. The van der Waals surface area contributed by atoms with Gasteiger partial charge in [-0.1, -0.05) is 25.1 Å². The van der Waals surface area contributed by atoms with E-state index in [4.69, 9.17) is 16.3 Å². The maximum Gasteiger partial charge on any atom is 0.229 e. The number of aromatic nitrogens is 3. The summed E-state index contributed by atoms with van der Waals surface area (Å²) in [6.07, 6.45) is 0.969. The Kier molecular flexibility index (Phi) is 6.21. The fourth-order valence-corrected chi connectivity index (χ4v) is 1.82. The number of ether oxygens (including phenoxy) is 1. The summed E-state index contributed by atoms with van der Waals surface area (Å²) in [6.45, 7) is 5.21. The van der Waals surface area contributed by atoms with Gasteiger partial charge in [0.05, 0.1) is 6.54 Å². The average Bonchev–Trinajstić information content (AvgIpc) is 2.52. The number of hydrogen-bond donors (Lipinski definition) is 2. The fourth-order valence-electron chi connectivity index (χ4n) is 1.66. The van der Waals surface area contributed by atoms with E-state index in [0.717, 1.165) is 12.2 Å². The third-order valence-corrected chi connectivity index (χ3v) is 3.16. The van der Waals surface area contributed by atoms with Crippen LogP contribution in [0.5, 0.6) is 5.75 Å². The number of halogens is 1. The molecule has 0 fully saturated rings. The molecule has 6 nitrogen and oxygen atoms in total. The fraction of sp³-hybridized carbons (Fsp3) is 0.400. The van der Waals surface area contributed by atoms with Crippen LogP contribution in [0.2, 0.25) is 5.28 Å². The van der Waals surface area contributed by atoms with Crippen LogP contribution >= 0.6 is 11.6 Å². The second-order valence-electron chi connectivity index (χ2n) is 4.79. The minimum absolute atomic E-state index is 0.160. The van der Waals surface area contributed by atoms with E-state index in [1.54, 1.807) is 0 Å². The summed E-state index contributed by atoms with van der Waals surface area (Å²) >= 11 is 5.91. The molecule has 0 bridgehead atoms. The summed E-state index contributed by atoms with van der Waals surface area (Å²) in [7, 11) is 0. The van der Waals surface area contributed by atoms with Gasteiger partial charge in [-0.25, -0.2) is 0 Å². The summed E-state index contributed by atoms with van der Waals surface area (Å²) in [5.41, 5.74) is 0. The van der Waals surface area contributed by atoms with Gasteiger partial charge in [0.2, 0.25) is 17.2 Å². The Labute approximate surface area is 135 Å². The molecule has 22 heavy (non-hydrogen) atoms. The number of para-hydroxylation sites is 1. The van der Waals surface area contributed by atoms with Crippen molar-refractivity contribution in [1.82, 2.24) is 15.0 Å². The number of benzene rings is 1. The molecule has 0 aliphatic carbocycles. The van der Waals surface area contributed by atoms with Crippen LogP contribution in [-0.4, -0.2) is 34.1 Å². The van der Waals surface area contributed by atoms with Gasteiger partial charge in [-0.05, 0) is 37.1 Å². The van der Waals surface area contributed by atoms with Gasteiger partial charge < -0.3 is 15.4 Å². The smallest absolute Gasteiger partial charge is 0.229 e. The van der Waals surface area contributed by atoms with E-state index in [1.165, 1.54) is 0 Å². The standard InChI is InChI=1S/C15H20ClN5O/c1-3-11(2)18-15-20-13(16)19-14(21-15)17-9-10-22-12-7-5-4-6-8-12/h4-8,11H,3,9-10H2,1-2H3,(H2,17,18,19,20,21)/t11-/m0/s1. The van der Waals surface area contributed by atoms with Crippen molar-refractivity contribution >= 4 is 23.5 Å². The maximum absolute atomic E-state index is 5.91. The topological polar surface area (TPSA) is 72.0 Å². The lowest BCUT2D eigenvalue weighted by Gasteiger charge is -2.12. The quantitative estimate of drug-likeness (QED) is 0.727. The highest BCUT2D eigenvalue weighted by Crippen LogP contribution is 2.11. The van der Waals surface area contributed by atoms with Crippen molar-refractivity contribution in [3.8, 4) is 5.75 Å². The van der Waals surface area contributed by atoms with E-state index < -0.39 is 0 Å². The third kappa shape index (κ3) is 5.37. The van der Waals surface area contributed by atoms with Crippen molar-refractivity contribution in [3.05, 3.63) is 35.6 Å². The lowest BCUT2D eigenvalue weighted by Crippen LogP contribution is -2.18. The van der Waals surface area contributed by atoms with Gasteiger partial charge in [-0.3, -0.25) is 0 Å². The summed E-state index contributed by atoms with van der Waals surface area (Å²) in [5.74, 6) is 1.74. The van der Waals surface area contributed by atoms with E-state index in [0.29, 0.717) is 25.0 Å². The molecule has 1 atom stereocenters. The highest BCUT2D eigenvalue weighted by atomic mass is 35.5. The first-order valence-electron chi connectivity index (χ1n) is 7.27. The lowest BCUT2D eigenvalue weighted by molar-refractivity contribution is 0.332. The zero-order chi connectivity index (χ0) is 15.8. The highest BCUT2D eigenvalue weighted by molar-refractivity contribution is 6.28. The molecule has 1 aromatic carbocycles. The SMILES string of the molecule is CC[C@H](C)Nc1nc(Cl)nc(NCCOc2ccccc2)n1. The summed E-state index contributed by atoms with van der Waals surface area (Å²) < 4.78 is 5.59. The van der Waals surface area contributed by atoms with Crippen LogP contribution in [0, 0.1) is 0 Å². The van der Waals surface area contributed by atoms with Gasteiger partial charge in [0.1, 0.15) is 12.4 Å². The molecule has 2 rings (SSSR count). The number of anilines is 2. The van der Waals surface area contributed by atoms with Crippen molar-refractivity contribution < 1.29 is 4.74 Å². The van der Waals surface area contributed by atoms with Gasteiger partial charge in [-0.15, -0.1) is 0 Å². The Hall–Kier alpha value is -2.08. The van der Waals surface area contributed by atoms with Gasteiger partial charge in [-0.2, -0.15) is 15.0 Å². The van der Waals surface area contributed by atoms with Crippen LogP contribution in [0.3, 0.4) is 0 Å². The molecule has 0 amide bonds. The molecule has 2 N–H and O–H groups in total. The summed E-state index contributed by atoms with van der Waals surface area (Å²) in [5, 5.41) is 6.41. The normalized spacial score (nSPS) is 11.8. The molecule has 2 aromatic rings. The van der Waals surface area contributed by atoms with Crippen molar-refractivity contribution in [2.45, 2.75) is 26.3 Å². The average molecular weight is 322 g/mol. The monoisotopic (exact) mass is 321 g/mol. The molecule has 1 heterocycles. The van der Waals surface area contributed by atoms with Crippen LogP contribution in [0.4, 0.5) is 11.9 Å². The van der Waals surface area contributed by atoms with E-state index in [9.17, 15) is 0 Å². The Balaban J connectivity index is 1.84. The van der Waals surface area contributed by atoms with Gasteiger partial charge >= 0.3 is 0 Å². The number of nitrogens with zero attached hydrogens (tertiary/aromatic N) is 3. The Morgan fingerprint density at radius 1 is 1.14 bits per heavy atom. The van der Waals surface area contributed by atoms with Crippen LogP contribution in [0.1, 0.15) is 20.3 Å². The minimum Gasteiger partial charge on any atom is -0.492 e. The maximum atomic E-state index is 5.91. The van der Waals surface area contributed by atoms with E-state index >= 15 is 0 Å². The molecule has 0 unspecified atom stereocenters. The van der Waals surface area contributed by atoms with E-state index in [2.05, 4.69) is 39.4 Å². The largest absolute Gasteiger partial charge is 0.492 e. The van der Waals surface area contributed by atoms with Crippen LogP contribution < -0.4 is 15.4 Å². The van der Waals surface area contributed by atoms with Gasteiger partial charge in [0.15, 0.2) is 0 Å². The first kappa shape index (κ1) is 16.3. The van der Waals surface area contributed by atoms with Crippen LogP contribution in [0.25, 0.3) is 0 Å². The Morgan fingerprint density at radius 2 is 1.86 bits per heavy atom. The molecule has 1 aromatic heterocycles. The lowest BCUT2D eigenvalue weighted by atomic mass is 10.3. The number of hydrogen-bond acceptors (Lipinski definition) is 6. The van der Waals surface area contributed by atoms with Gasteiger partial charge in [0, 0.05) is 6.04 Å². The van der Waals surface area contributed by atoms with Crippen LogP contribution in [-0.2, 0) is 0 Å². The molecule has 0 aliphatic rings. The number of rotatable bonds is 8. The van der Waals surface area contributed by atoms with Gasteiger partial charge in [0.25, 0.3) is 0 Å². The molecule has 0 aliphatic heterocycles. The predicted octanol–water partition coefficient (Wildman–Crippen LogP) is 3.23. The molecular weight excluding hydrogens is 302 g/mol. The second-order valence-corrected chi connectivity index (χ2v) is 5.13. The predicted molar refractivity (Wildman–Crippen MR) is 88.6 cm³/mol. The molecule has 0 saturated heterocycles. The Morgan fingerprint density at radius 3 is 2.59 bits per heavy atom. The van der Waals surface area contributed by atoms with E-state index in [-0.39, 0.29) is 11.3 Å². The molecule has 0 spiro atoms. The first-order valence-corrected chi connectivity index (χ1v) is 7.65. The van der Waals surface area contributed by atoms with Crippen molar-refractivity contribution in [2.24, 2.45) is 0 Å². The second kappa shape index (κ2) is 8.38. The Bertz CT molecular complexity index is 581. The molecule has 7 heteroatoms. The van der Waals surface area contributed by atoms with Crippen molar-refractivity contribution in [1.29, 1.82) is 0 Å². The van der Waals surface area contributed by atoms with E-state index in [1.807, 2.05) is 30.3 Å². The minimum atomic E-state index is 0.160. The summed E-state index contributed by atoms with van der Waals surface area (Å²) in [4.78, 5) is 12.4. The first-order chi connectivity index (χ1) is 10.7.